The summed E-state index contributed by atoms with van der Waals surface area (Å²) >= 11 is 12.0. The van der Waals surface area contributed by atoms with Gasteiger partial charge in [-0.2, -0.15) is 0 Å². The van der Waals surface area contributed by atoms with Crippen LogP contribution in [0.3, 0.4) is 0 Å². The van der Waals surface area contributed by atoms with Gasteiger partial charge in [-0.3, -0.25) is 4.79 Å². The first-order valence-electron chi connectivity index (χ1n) is 6.43. The van der Waals surface area contributed by atoms with Gasteiger partial charge in [-0.05, 0) is 24.1 Å². The van der Waals surface area contributed by atoms with Crippen molar-refractivity contribution in [2.75, 3.05) is 5.32 Å². The summed E-state index contributed by atoms with van der Waals surface area (Å²) in [5.41, 5.74) is 1.53. The summed E-state index contributed by atoms with van der Waals surface area (Å²) in [7, 11) is 0. The SMILES string of the molecule is CC[C@@H](C(=O)Nc1cccc(Cl)c1Cl)c1ccccc1. The lowest BCUT2D eigenvalue weighted by atomic mass is 9.95. The maximum absolute atomic E-state index is 12.4. The van der Waals surface area contributed by atoms with Gasteiger partial charge in [0.25, 0.3) is 0 Å². The van der Waals surface area contributed by atoms with E-state index in [9.17, 15) is 4.79 Å². The quantitative estimate of drug-likeness (QED) is 0.834. The van der Waals surface area contributed by atoms with Crippen LogP contribution in [0, 0.1) is 0 Å². The highest BCUT2D eigenvalue weighted by molar-refractivity contribution is 6.44. The molecular weight excluding hydrogens is 293 g/mol. The lowest BCUT2D eigenvalue weighted by Crippen LogP contribution is -2.20. The van der Waals surface area contributed by atoms with E-state index in [1.54, 1.807) is 18.2 Å². The Bertz CT molecular complexity index is 599. The zero-order valence-electron chi connectivity index (χ0n) is 11.1. The smallest absolute Gasteiger partial charge is 0.231 e. The number of carbonyl (C=O) groups excluding carboxylic acids is 1. The standard InChI is InChI=1S/C16H15Cl2NO/c1-2-12(11-7-4-3-5-8-11)16(20)19-14-10-6-9-13(17)15(14)18/h3-10,12H,2H2,1H3,(H,19,20)/t12-/m1/s1. The zero-order chi connectivity index (χ0) is 14.5. The van der Waals surface area contributed by atoms with Crippen molar-refractivity contribution in [3.8, 4) is 0 Å². The Kier molecular flexibility index (Phi) is 5.05. The van der Waals surface area contributed by atoms with Crippen LogP contribution in [0.1, 0.15) is 24.8 Å². The lowest BCUT2D eigenvalue weighted by Gasteiger charge is -2.16. The molecule has 0 unspecified atom stereocenters. The summed E-state index contributed by atoms with van der Waals surface area (Å²) in [6.07, 6.45) is 0.716. The van der Waals surface area contributed by atoms with Gasteiger partial charge in [0.15, 0.2) is 0 Å². The normalized spacial score (nSPS) is 11.9. The van der Waals surface area contributed by atoms with Crippen LogP contribution in [0.25, 0.3) is 0 Å². The second-order valence-corrected chi connectivity index (χ2v) is 5.25. The number of nitrogens with one attached hydrogen (secondary N) is 1. The van der Waals surface area contributed by atoms with Gasteiger partial charge < -0.3 is 5.32 Å². The Morgan fingerprint density at radius 2 is 1.80 bits per heavy atom. The molecule has 1 amide bonds. The first-order chi connectivity index (χ1) is 9.63. The number of rotatable bonds is 4. The van der Waals surface area contributed by atoms with Gasteiger partial charge in [-0.1, -0.05) is 66.5 Å². The molecule has 0 aromatic heterocycles. The van der Waals surface area contributed by atoms with Gasteiger partial charge in [0.2, 0.25) is 5.91 Å². The molecule has 2 nitrogen and oxygen atoms in total. The highest BCUT2D eigenvalue weighted by Gasteiger charge is 2.19. The summed E-state index contributed by atoms with van der Waals surface area (Å²) in [6.45, 7) is 1.98. The fourth-order valence-corrected chi connectivity index (χ4v) is 2.43. The van der Waals surface area contributed by atoms with Crippen molar-refractivity contribution in [1.82, 2.24) is 0 Å². The monoisotopic (exact) mass is 307 g/mol. The fourth-order valence-electron chi connectivity index (χ4n) is 2.08. The van der Waals surface area contributed by atoms with Crippen molar-refractivity contribution in [2.24, 2.45) is 0 Å². The summed E-state index contributed by atoms with van der Waals surface area (Å²) in [5.74, 6) is -0.283. The predicted molar refractivity (Wildman–Crippen MR) is 84.6 cm³/mol. The molecule has 0 radical (unpaired) electrons. The Labute approximate surface area is 128 Å². The molecule has 1 atom stereocenters. The third-order valence-corrected chi connectivity index (χ3v) is 3.96. The maximum Gasteiger partial charge on any atom is 0.231 e. The van der Waals surface area contributed by atoms with E-state index in [4.69, 9.17) is 23.2 Å². The molecule has 0 spiro atoms. The Morgan fingerprint density at radius 1 is 1.10 bits per heavy atom. The van der Waals surface area contributed by atoms with Crippen LogP contribution < -0.4 is 5.32 Å². The largest absolute Gasteiger partial charge is 0.324 e. The van der Waals surface area contributed by atoms with Crippen molar-refractivity contribution in [1.29, 1.82) is 0 Å². The summed E-state index contributed by atoms with van der Waals surface area (Å²) in [4.78, 5) is 12.4. The number of carbonyl (C=O) groups is 1. The van der Waals surface area contributed by atoms with Crippen LogP contribution in [-0.2, 0) is 4.79 Å². The van der Waals surface area contributed by atoms with Crippen LogP contribution >= 0.6 is 23.2 Å². The highest BCUT2D eigenvalue weighted by Crippen LogP contribution is 2.31. The average Bonchev–Trinajstić information content (AvgIpc) is 2.46. The number of amides is 1. The Morgan fingerprint density at radius 3 is 2.45 bits per heavy atom. The van der Waals surface area contributed by atoms with E-state index in [0.717, 1.165) is 5.56 Å². The van der Waals surface area contributed by atoms with E-state index in [-0.39, 0.29) is 11.8 Å². The van der Waals surface area contributed by atoms with Crippen LogP contribution in [0.2, 0.25) is 10.0 Å². The molecule has 0 bridgehead atoms. The minimum Gasteiger partial charge on any atom is -0.324 e. The van der Waals surface area contributed by atoms with Gasteiger partial charge in [0, 0.05) is 0 Å². The molecule has 2 rings (SSSR count). The summed E-state index contributed by atoms with van der Waals surface area (Å²) < 4.78 is 0. The number of halogens is 2. The van der Waals surface area contributed by atoms with Gasteiger partial charge >= 0.3 is 0 Å². The topological polar surface area (TPSA) is 29.1 Å². The van der Waals surface area contributed by atoms with Gasteiger partial charge in [-0.25, -0.2) is 0 Å². The molecule has 0 aliphatic heterocycles. The van der Waals surface area contributed by atoms with Gasteiger partial charge in [0.1, 0.15) is 0 Å². The molecule has 0 saturated heterocycles. The number of hydrogen-bond acceptors (Lipinski definition) is 1. The molecule has 0 saturated carbocycles. The van der Waals surface area contributed by atoms with Crippen molar-refractivity contribution in [3.63, 3.8) is 0 Å². The fraction of sp³-hybridized carbons (Fsp3) is 0.188. The second kappa shape index (κ2) is 6.78. The third-order valence-electron chi connectivity index (χ3n) is 3.14. The highest BCUT2D eigenvalue weighted by atomic mass is 35.5. The van der Waals surface area contributed by atoms with Crippen molar-refractivity contribution in [2.45, 2.75) is 19.3 Å². The molecule has 2 aromatic carbocycles. The molecule has 0 fully saturated rings. The summed E-state index contributed by atoms with van der Waals surface area (Å²) in [5, 5.41) is 3.64. The Balaban J connectivity index is 2.20. The lowest BCUT2D eigenvalue weighted by molar-refractivity contribution is -0.117. The van der Waals surface area contributed by atoms with E-state index in [1.165, 1.54) is 0 Å². The first-order valence-corrected chi connectivity index (χ1v) is 7.19. The molecule has 0 heterocycles. The minimum absolute atomic E-state index is 0.0807. The minimum atomic E-state index is -0.203. The molecular formula is C16H15Cl2NO. The third kappa shape index (κ3) is 3.33. The van der Waals surface area contributed by atoms with E-state index in [2.05, 4.69) is 5.32 Å². The second-order valence-electron chi connectivity index (χ2n) is 4.46. The van der Waals surface area contributed by atoms with Gasteiger partial charge in [0.05, 0.1) is 21.7 Å². The van der Waals surface area contributed by atoms with Crippen LogP contribution in [-0.4, -0.2) is 5.91 Å². The van der Waals surface area contributed by atoms with Crippen LogP contribution in [0.5, 0.6) is 0 Å². The summed E-state index contributed by atoms with van der Waals surface area (Å²) in [6, 6.07) is 14.9. The van der Waals surface area contributed by atoms with E-state index >= 15 is 0 Å². The molecule has 1 N–H and O–H groups in total. The van der Waals surface area contributed by atoms with Gasteiger partial charge in [-0.15, -0.1) is 0 Å². The molecule has 20 heavy (non-hydrogen) atoms. The molecule has 2 aromatic rings. The van der Waals surface area contributed by atoms with E-state index in [1.807, 2.05) is 37.3 Å². The van der Waals surface area contributed by atoms with Crippen LogP contribution in [0.4, 0.5) is 5.69 Å². The molecule has 0 aliphatic carbocycles. The van der Waals surface area contributed by atoms with Crippen molar-refractivity contribution < 1.29 is 4.79 Å². The molecule has 104 valence electrons. The first kappa shape index (κ1) is 14.9. The predicted octanol–water partition coefficient (Wildman–Crippen LogP) is 5.13. The molecule has 0 aliphatic rings. The maximum atomic E-state index is 12.4. The molecule has 4 heteroatoms. The zero-order valence-corrected chi connectivity index (χ0v) is 12.6. The average molecular weight is 308 g/mol. The van der Waals surface area contributed by atoms with E-state index < -0.39 is 0 Å². The number of hydrogen-bond donors (Lipinski definition) is 1. The number of anilines is 1. The van der Waals surface area contributed by atoms with Crippen molar-refractivity contribution >= 4 is 34.8 Å². The van der Waals surface area contributed by atoms with Crippen LogP contribution in [0.15, 0.2) is 48.5 Å². The Hall–Kier alpha value is -1.51. The van der Waals surface area contributed by atoms with E-state index in [0.29, 0.717) is 22.2 Å². The van der Waals surface area contributed by atoms with Crippen molar-refractivity contribution in [3.05, 3.63) is 64.1 Å². The number of benzene rings is 2.